The number of carbonyl (C=O) groups is 1. The number of fused-ring (bicyclic) bond motifs is 5. The quantitative estimate of drug-likeness (QED) is 0.833. The van der Waals surface area contributed by atoms with Crippen LogP contribution in [0.25, 0.3) is 0 Å². The fourth-order valence-electron chi connectivity index (χ4n) is 3.93. The van der Waals surface area contributed by atoms with Gasteiger partial charge in [0.2, 0.25) is 11.8 Å². The monoisotopic (exact) mass is 259 g/mol. The van der Waals surface area contributed by atoms with Crippen LogP contribution in [0.2, 0.25) is 0 Å². The van der Waals surface area contributed by atoms with Crippen LogP contribution < -0.4 is 15.0 Å². The van der Waals surface area contributed by atoms with Gasteiger partial charge in [-0.05, 0) is 30.7 Å². The fraction of sp³-hybridized carbons (Fsp3) is 0.571. The van der Waals surface area contributed by atoms with Crippen LogP contribution in [-0.4, -0.2) is 30.6 Å². The van der Waals surface area contributed by atoms with Gasteiger partial charge in [0.15, 0.2) is 5.82 Å². The van der Waals surface area contributed by atoms with Gasteiger partial charge in [0.25, 0.3) is 0 Å². The maximum absolute atomic E-state index is 12.3. The molecule has 1 aromatic rings. The highest BCUT2D eigenvalue weighted by Gasteiger charge is 2.50. The molecule has 1 saturated carbocycles. The highest BCUT2D eigenvalue weighted by Crippen LogP contribution is 2.47. The molecule has 3 heterocycles. The summed E-state index contributed by atoms with van der Waals surface area (Å²) < 4.78 is 5.20. The van der Waals surface area contributed by atoms with E-state index in [1.54, 1.807) is 13.2 Å². The summed E-state index contributed by atoms with van der Waals surface area (Å²) in [4.78, 5) is 19.0. The lowest BCUT2D eigenvalue weighted by Crippen LogP contribution is -2.47. The van der Waals surface area contributed by atoms with Gasteiger partial charge < -0.3 is 15.0 Å². The lowest BCUT2D eigenvalue weighted by molar-refractivity contribution is -0.118. The molecule has 1 amide bonds. The number of methoxy groups -OCH3 is 1. The number of pyridine rings is 1. The standard InChI is InChI=1S/C14H17N3O2/c1-19-11-6-5-10-13(16-11)17-7-8-3-2-4-9(8)12(17)14(18)15-10/h5-6,8-9,12H,2-4,7H2,1H3,(H,15,18). The van der Waals surface area contributed by atoms with Gasteiger partial charge in [0.1, 0.15) is 6.04 Å². The van der Waals surface area contributed by atoms with Gasteiger partial charge in [-0.1, -0.05) is 6.42 Å². The van der Waals surface area contributed by atoms with Crippen LogP contribution in [0.5, 0.6) is 5.88 Å². The second-order valence-corrected chi connectivity index (χ2v) is 5.67. The van der Waals surface area contributed by atoms with Gasteiger partial charge >= 0.3 is 0 Å². The maximum atomic E-state index is 12.3. The summed E-state index contributed by atoms with van der Waals surface area (Å²) in [5.74, 6) is 2.76. The van der Waals surface area contributed by atoms with Crippen LogP contribution in [0.1, 0.15) is 19.3 Å². The molecule has 4 rings (SSSR count). The van der Waals surface area contributed by atoms with E-state index in [2.05, 4.69) is 15.2 Å². The van der Waals surface area contributed by atoms with Crippen molar-refractivity contribution < 1.29 is 9.53 Å². The summed E-state index contributed by atoms with van der Waals surface area (Å²) in [7, 11) is 1.62. The highest BCUT2D eigenvalue weighted by atomic mass is 16.5. The lowest BCUT2D eigenvalue weighted by Gasteiger charge is -2.33. The minimum atomic E-state index is -0.0281. The Kier molecular flexibility index (Phi) is 2.25. The van der Waals surface area contributed by atoms with Crippen molar-refractivity contribution in [3.8, 4) is 5.88 Å². The number of nitrogens with one attached hydrogen (secondary N) is 1. The Morgan fingerprint density at radius 1 is 1.42 bits per heavy atom. The second-order valence-electron chi connectivity index (χ2n) is 5.67. The van der Waals surface area contributed by atoms with E-state index in [1.165, 1.54) is 19.3 Å². The number of anilines is 2. The fourth-order valence-corrected chi connectivity index (χ4v) is 3.93. The first-order valence-corrected chi connectivity index (χ1v) is 6.90. The SMILES string of the molecule is COc1ccc2c(n1)N1CC3CCCC3C1C(=O)N2. The topological polar surface area (TPSA) is 54.5 Å². The Morgan fingerprint density at radius 3 is 3.16 bits per heavy atom. The molecule has 1 N–H and O–H groups in total. The average molecular weight is 259 g/mol. The van der Waals surface area contributed by atoms with Gasteiger partial charge in [-0.3, -0.25) is 4.79 Å². The van der Waals surface area contributed by atoms with Crippen LogP contribution in [0, 0.1) is 11.8 Å². The molecule has 19 heavy (non-hydrogen) atoms. The van der Waals surface area contributed by atoms with E-state index in [9.17, 15) is 4.79 Å². The third-order valence-electron chi connectivity index (χ3n) is 4.75. The second kappa shape index (κ2) is 3.85. The first kappa shape index (κ1) is 11.1. The number of hydrogen-bond acceptors (Lipinski definition) is 4. The minimum absolute atomic E-state index is 0.0281. The van der Waals surface area contributed by atoms with Crippen LogP contribution in [0.4, 0.5) is 11.5 Å². The molecule has 2 fully saturated rings. The lowest BCUT2D eigenvalue weighted by atomic mass is 9.93. The largest absolute Gasteiger partial charge is 0.481 e. The van der Waals surface area contributed by atoms with Crippen LogP contribution in [-0.2, 0) is 4.79 Å². The number of amides is 1. The molecule has 3 aliphatic rings. The smallest absolute Gasteiger partial charge is 0.247 e. The van der Waals surface area contributed by atoms with E-state index in [4.69, 9.17) is 4.74 Å². The summed E-state index contributed by atoms with van der Waals surface area (Å²) in [6.45, 7) is 0.954. The van der Waals surface area contributed by atoms with Gasteiger partial charge in [-0.25, -0.2) is 0 Å². The van der Waals surface area contributed by atoms with Gasteiger partial charge in [0.05, 0.1) is 12.8 Å². The first-order chi connectivity index (χ1) is 9.28. The van der Waals surface area contributed by atoms with E-state index >= 15 is 0 Å². The molecule has 2 aliphatic heterocycles. The van der Waals surface area contributed by atoms with Gasteiger partial charge in [-0.15, -0.1) is 0 Å². The van der Waals surface area contributed by atoms with Gasteiger partial charge in [-0.2, -0.15) is 4.98 Å². The molecule has 0 bridgehead atoms. The predicted octanol–water partition coefficient (Wildman–Crippen LogP) is 1.65. The molecule has 0 radical (unpaired) electrons. The minimum Gasteiger partial charge on any atom is -0.481 e. The molecule has 3 unspecified atom stereocenters. The summed E-state index contributed by atoms with van der Waals surface area (Å²) in [5.41, 5.74) is 0.807. The number of nitrogens with zero attached hydrogens (tertiary/aromatic N) is 2. The summed E-state index contributed by atoms with van der Waals surface area (Å²) in [5, 5.41) is 3.00. The molecule has 0 aromatic carbocycles. The Bertz CT molecular complexity index is 545. The van der Waals surface area contributed by atoms with Crippen LogP contribution >= 0.6 is 0 Å². The van der Waals surface area contributed by atoms with Crippen LogP contribution in [0.3, 0.4) is 0 Å². The Balaban J connectivity index is 1.78. The Morgan fingerprint density at radius 2 is 2.32 bits per heavy atom. The molecule has 0 spiro atoms. The normalized spacial score (nSPS) is 31.5. The molecule has 5 nitrogen and oxygen atoms in total. The molecule has 3 atom stereocenters. The molecular formula is C14H17N3O2. The van der Waals surface area contributed by atoms with Crippen molar-refractivity contribution in [2.24, 2.45) is 11.8 Å². The zero-order chi connectivity index (χ0) is 13.0. The molecular weight excluding hydrogens is 242 g/mol. The number of carbonyl (C=O) groups excluding carboxylic acids is 1. The molecule has 5 heteroatoms. The molecule has 100 valence electrons. The van der Waals surface area contributed by atoms with Crippen molar-refractivity contribution in [2.45, 2.75) is 25.3 Å². The number of hydrogen-bond donors (Lipinski definition) is 1. The van der Waals surface area contributed by atoms with E-state index in [1.807, 2.05) is 6.07 Å². The van der Waals surface area contributed by atoms with E-state index < -0.39 is 0 Å². The Labute approximate surface area is 112 Å². The van der Waals surface area contributed by atoms with Crippen molar-refractivity contribution in [3.05, 3.63) is 12.1 Å². The molecule has 1 aromatic heterocycles. The zero-order valence-electron chi connectivity index (χ0n) is 10.9. The van der Waals surface area contributed by atoms with Crippen molar-refractivity contribution in [1.82, 2.24) is 4.98 Å². The van der Waals surface area contributed by atoms with Crippen molar-refractivity contribution in [1.29, 1.82) is 0 Å². The van der Waals surface area contributed by atoms with Crippen molar-refractivity contribution in [3.63, 3.8) is 0 Å². The van der Waals surface area contributed by atoms with E-state index in [-0.39, 0.29) is 11.9 Å². The van der Waals surface area contributed by atoms with E-state index in [0.717, 1.165) is 18.1 Å². The first-order valence-electron chi connectivity index (χ1n) is 6.90. The van der Waals surface area contributed by atoms with Crippen molar-refractivity contribution in [2.75, 3.05) is 23.9 Å². The summed E-state index contributed by atoms with van der Waals surface area (Å²) in [6, 6.07) is 3.64. The zero-order valence-corrected chi connectivity index (χ0v) is 10.9. The average Bonchev–Trinajstić information content (AvgIpc) is 2.98. The third-order valence-corrected chi connectivity index (χ3v) is 4.75. The Hall–Kier alpha value is -1.78. The van der Waals surface area contributed by atoms with Crippen molar-refractivity contribution >= 4 is 17.4 Å². The number of rotatable bonds is 1. The molecule has 1 aliphatic carbocycles. The van der Waals surface area contributed by atoms with Crippen LogP contribution in [0.15, 0.2) is 12.1 Å². The number of aromatic nitrogens is 1. The summed E-state index contributed by atoms with van der Waals surface area (Å²) >= 11 is 0. The third kappa shape index (κ3) is 1.47. The highest BCUT2D eigenvalue weighted by molar-refractivity contribution is 6.03. The maximum Gasteiger partial charge on any atom is 0.247 e. The number of ether oxygens (including phenoxy) is 1. The van der Waals surface area contributed by atoms with Gasteiger partial charge in [0, 0.05) is 12.6 Å². The van der Waals surface area contributed by atoms with E-state index in [0.29, 0.717) is 17.7 Å². The summed E-state index contributed by atoms with van der Waals surface area (Å²) in [6.07, 6.45) is 3.66. The predicted molar refractivity (Wildman–Crippen MR) is 71.4 cm³/mol. The molecule has 1 saturated heterocycles.